The fraction of sp³-hybridized carbons (Fsp3) is 0.125. The molecule has 20 heavy (non-hydrogen) atoms. The Hall–Kier alpha value is -1.63. The van der Waals surface area contributed by atoms with Crippen LogP contribution in [-0.2, 0) is 0 Å². The van der Waals surface area contributed by atoms with Crippen LogP contribution in [0.3, 0.4) is 0 Å². The second kappa shape index (κ2) is 6.21. The lowest BCUT2D eigenvalue weighted by Gasteiger charge is -2.11. The molecule has 4 heteroatoms. The van der Waals surface area contributed by atoms with Gasteiger partial charge in [0.15, 0.2) is 5.78 Å². The van der Waals surface area contributed by atoms with E-state index in [9.17, 15) is 10.1 Å². The summed E-state index contributed by atoms with van der Waals surface area (Å²) in [7, 11) is 0. The van der Waals surface area contributed by atoms with E-state index in [0.717, 1.165) is 10.0 Å². The van der Waals surface area contributed by atoms with Gasteiger partial charge in [-0.05, 0) is 36.2 Å². The highest BCUT2D eigenvalue weighted by molar-refractivity contribution is 9.10. The van der Waals surface area contributed by atoms with Gasteiger partial charge < -0.3 is 0 Å². The van der Waals surface area contributed by atoms with Crippen LogP contribution in [0, 0.1) is 18.3 Å². The van der Waals surface area contributed by atoms with Crippen LogP contribution < -0.4 is 0 Å². The largest absolute Gasteiger partial charge is 0.292 e. The Morgan fingerprint density at radius 3 is 2.60 bits per heavy atom. The van der Waals surface area contributed by atoms with Gasteiger partial charge in [-0.15, -0.1) is 0 Å². The monoisotopic (exact) mass is 347 g/mol. The molecule has 100 valence electrons. The molecule has 0 N–H and O–H groups in total. The summed E-state index contributed by atoms with van der Waals surface area (Å²) in [6.07, 6.45) is 0. The van der Waals surface area contributed by atoms with Crippen LogP contribution in [0.25, 0.3) is 0 Å². The summed E-state index contributed by atoms with van der Waals surface area (Å²) < 4.78 is 0.931. The van der Waals surface area contributed by atoms with Crippen molar-refractivity contribution in [2.24, 2.45) is 0 Å². The minimum Gasteiger partial charge on any atom is -0.292 e. The van der Waals surface area contributed by atoms with E-state index in [1.165, 1.54) is 0 Å². The lowest BCUT2D eigenvalue weighted by atomic mass is 9.91. The number of Topliss-reactive ketones (excluding diaryl/α,β-unsaturated/α-hetero) is 1. The van der Waals surface area contributed by atoms with Gasteiger partial charge in [-0.3, -0.25) is 4.79 Å². The molecule has 0 aliphatic heterocycles. The molecule has 1 unspecified atom stereocenters. The molecule has 0 heterocycles. The fourth-order valence-electron chi connectivity index (χ4n) is 1.94. The molecule has 0 aliphatic carbocycles. The Balaban J connectivity index is 2.42. The summed E-state index contributed by atoms with van der Waals surface area (Å²) in [5.74, 6) is -1.12. The Kier molecular flexibility index (Phi) is 4.59. The number of nitriles is 1. The van der Waals surface area contributed by atoms with E-state index < -0.39 is 5.92 Å². The van der Waals surface area contributed by atoms with Crippen molar-refractivity contribution in [2.75, 3.05) is 0 Å². The third-order valence-corrected chi connectivity index (χ3v) is 4.28. The first-order valence-electron chi connectivity index (χ1n) is 5.99. The van der Waals surface area contributed by atoms with Crippen LogP contribution in [0.5, 0.6) is 0 Å². The Bertz CT molecular complexity index is 706. The van der Waals surface area contributed by atoms with Gasteiger partial charge in [0.25, 0.3) is 0 Å². The van der Waals surface area contributed by atoms with Crippen molar-refractivity contribution in [1.29, 1.82) is 5.26 Å². The van der Waals surface area contributed by atoms with E-state index in [4.69, 9.17) is 11.6 Å². The van der Waals surface area contributed by atoms with Crippen molar-refractivity contribution in [1.82, 2.24) is 0 Å². The summed E-state index contributed by atoms with van der Waals surface area (Å²) in [6.45, 7) is 1.90. The molecule has 0 radical (unpaired) electrons. The van der Waals surface area contributed by atoms with E-state index in [-0.39, 0.29) is 5.78 Å². The van der Waals surface area contributed by atoms with Gasteiger partial charge >= 0.3 is 0 Å². The van der Waals surface area contributed by atoms with Crippen LogP contribution in [0.15, 0.2) is 46.9 Å². The number of hydrogen-bond acceptors (Lipinski definition) is 2. The van der Waals surface area contributed by atoms with E-state index in [0.29, 0.717) is 16.1 Å². The van der Waals surface area contributed by atoms with Gasteiger partial charge in [-0.2, -0.15) is 5.26 Å². The van der Waals surface area contributed by atoms with E-state index in [1.807, 2.05) is 19.1 Å². The summed E-state index contributed by atoms with van der Waals surface area (Å²) in [6, 6.07) is 14.3. The average Bonchev–Trinajstić information content (AvgIpc) is 2.44. The standard InChI is InChI=1S/C16H11BrClNO/c1-10-8-11(6-7-14(10)17)16(20)13(9-19)12-4-2-3-5-15(12)18/h2-8,13H,1H3. The SMILES string of the molecule is Cc1cc(C(=O)C(C#N)c2ccccc2Cl)ccc1Br. The minimum absolute atomic E-state index is 0.240. The Morgan fingerprint density at radius 1 is 1.30 bits per heavy atom. The number of nitrogens with zero attached hydrogens (tertiary/aromatic N) is 1. The molecule has 0 spiro atoms. The number of hydrogen-bond donors (Lipinski definition) is 0. The molecule has 2 aromatic rings. The lowest BCUT2D eigenvalue weighted by molar-refractivity contribution is 0.0979. The molecular weight excluding hydrogens is 338 g/mol. The fourth-order valence-corrected chi connectivity index (χ4v) is 2.43. The van der Waals surface area contributed by atoms with E-state index in [1.54, 1.807) is 36.4 Å². The maximum absolute atomic E-state index is 12.5. The molecule has 0 bridgehead atoms. The molecule has 0 saturated heterocycles. The van der Waals surface area contributed by atoms with Crippen LogP contribution in [-0.4, -0.2) is 5.78 Å². The third-order valence-electron chi connectivity index (χ3n) is 3.05. The van der Waals surface area contributed by atoms with Gasteiger partial charge in [-0.1, -0.05) is 51.8 Å². The molecule has 2 aromatic carbocycles. The highest BCUT2D eigenvalue weighted by Gasteiger charge is 2.23. The number of carbonyl (C=O) groups is 1. The van der Waals surface area contributed by atoms with Crippen LogP contribution in [0.1, 0.15) is 27.4 Å². The number of rotatable bonds is 3. The van der Waals surface area contributed by atoms with Crippen molar-refractivity contribution in [3.63, 3.8) is 0 Å². The number of carbonyl (C=O) groups excluding carboxylic acids is 1. The predicted molar refractivity (Wildman–Crippen MR) is 83.0 cm³/mol. The highest BCUT2D eigenvalue weighted by atomic mass is 79.9. The smallest absolute Gasteiger partial charge is 0.184 e. The average molecular weight is 349 g/mol. The first-order valence-corrected chi connectivity index (χ1v) is 7.16. The van der Waals surface area contributed by atoms with Crippen molar-refractivity contribution in [2.45, 2.75) is 12.8 Å². The molecule has 2 rings (SSSR count). The molecule has 0 aromatic heterocycles. The number of ketones is 1. The summed E-state index contributed by atoms with van der Waals surface area (Å²) in [4.78, 5) is 12.5. The molecule has 0 fully saturated rings. The van der Waals surface area contributed by atoms with Crippen LogP contribution in [0.4, 0.5) is 0 Å². The van der Waals surface area contributed by atoms with Crippen LogP contribution >= 0.6 is 27.5 Å². The lowest BCUT2D eigenvalue weighted by Crippen LogP contribution is -2.12. The number of aryl methyl sites for hydroxylation is 1. The molecule has 2 nitrogen and oxygen atoms in total. The van der Waals surface area contributed by atoms with Gasteiger partial charge in [0.1, 0.15) is 5.92 Å². The van der Waals surface area contributed by atoms with Gasteiger partial charge in [-0.25, -0.2) is 0 Å². The van der Waals surface area contributed by atoms with E-state index in [2.05, 4.69) is 15.9 Å². The van der Waals surface area contributed by atoms with Gasteiger partial charge in [0.2, 0.25) is 0 Å². The molecule has 0 aliphatic rings. The second-order valence-electron chi connectivity index (χ2n) is 4.41. The predicted octanol–water partition coefficient (Wildman–Crippen LogP) is 4.90. The number of halogens is 2. The van der Waals surface area contributed by atoms with Crippen molar-refractivity contribution in [3.05, 3.63) is 68.7 Å². The Labute approximate surface area is 131 Å². The molecule has 0 saturated carbocycles. The first-order chi connectivity index (χ1) is 9.54. The zero-order chi connectivity index (χ0) is 14.7. The van der Waals surface area contributed by atoms with Gasteiger partial charge in [0, 0.05) is 15.1 Å². The normalized spacial score (nSPS) is 11.7. The zero-order valence-corrected chi connectivity index (χ0v) is 13.1. The Morgan fingerprint density at radius 2 is 2.00 bits per heavy atom. The molecule has 1 atom stereocenters. The minimum atomic E-state index is -0.885. The quantitative estimate of drug-likeness (QED) is 0.740. The maximum atomic E-state index is 12.5. The van der Waals surface area contributed by atoms with Crippen molar-refractivity contribution >= 4 is 33.3 Å². The second-order valence-corrected chi connectivity index (χ2v) is 5.67. The number of benzene rings is 2. The third kappa shape index (κ3) is 2.92. The first kappa shape index (κ1) is 14.8. The maximum Gasteiger partial charge on any atom is 0.184 e. The van der Waals surface area contributed by atoms with Crippen LogP contribution in [0.2, 0.25) is 5.02 Å². The highest BCUT2D eigenvalue weighted by Crippen LogP contribution is 2.28. The molecular formula is C16H11BrClNO. The van der Waals surface area contributed by atoms with E-state index >= 15 is 0 Å². The molecule has 0 amide bonds. The van der Waals surface area contributed by atoms with Crippen molar-refractivity contribution < 1.29 is 4.79 Å². The van der Waals surface area contributed by atoms with Crippen molar-refractivity contribution in [3.8, 4) is 6.07 Å². The summed E-state index contributed by atoms with van der Waals surface area (Å²) in [5.41, 5.74) is 2.01. The summed E-state index contributed by atoms with van der Waals surface area (Å²) >= 11 is 9.47. The van der Waals surface area contributed by atoms with Gasteiger partial charge in [0.05, 0.1) is 6.07 Å². The topological polar surface area (TPSA) is 40.9 Å². The zero-order valence-electron chi connectivity index (χ0n) is 10.7. The summed E-state index contributed by atoms with van der Waals surface area (Å²) in [5, 5.41) is 9.75.